The van der Waals surface area contributed by atoms with Crippen molar-refractivity contribution in [2.24, 2.45) is 0 Å². The molecule has 0 fully saturated rings. The molecular weight excluding hydrogens is 328 g/mol. The summed E-state index contributed by atoms with van der Waals surface area (Å²) in [5.41, 5.74) is 1.43. The SMILES string of the molecule is COC(=O)C[C@@H](c1c(C)[nH][nH]c1=O)c1c(Cl)nc2sccn12. The third-order valence-electron chi connectivity index (χ3n) is 3.54. The maximum Gasteiger partial charge on any atom is 0.306 e. The number of esters is 1. The molecule has 0 saturated heterocycles. The maximum atomic E-state index is 12.1. The van der Waals surface area contributed by atoms with Gasteiger partial charge in [0.05, 0.1) is 19.2 Å². The van der Waals surface area contributed by atoms with Gasteiger partial charge >= 0.3 is 5.97 Å². The molecule has 3 aromatic heterocycles. The number of nitrogens with zero attached hydrogens (tertiary/aromatic N) is 2. The average molecular weight is 341 g/mol. The van der Waals surface area contributed by atoms with Crippen LogP contribution in [0, 0.1) is 6.92 Å². The molecule has 0 amide bonds. The van der Waals surface area contributed by atoms with Gasteiger partial charge < -0.3 is 9.84 Å². The molecule has 116 valence electrons. The van der Waals surface area contributed by atoms with E-state index in [0.29, 0.717) is 21.9 Å². The zero-order valence-corrected chi connectivity index (χ0v) is 13.4. The largest absolute Gasteiger partial charge is 0.469 e. The molecule has 1 atom stereocenters. The highest BCUT2D eigenvalue weighted by Crippen LogP contribution is 2.34. The predicted octanol–water partition coefficient (Wildman–Crippen LogP) is 2.07. The molecule has 0 aliphatic carbocycles. The zero-order valence-electron chi connectivity index (χ0n) is 11.8. The summed E-state index contributed by atoms with van der Waals surface area (Å²) in [6, 6.07) is 0. The standard InChI is InChI=1S/C13H13ClN4O3S/c1-6-9(12(20)17-16-6)7(5-8(19)21-2)10-11(14)15-13-18(10)3-4-22-13/h3-4,7H,5H2,1-2H3,(H2,16,17,20)/t7-/m0/s1. The van der Waals surface area contributed by atoms with Crippen LogP contribution < -0.4 is 5.56 Å². The topological polar surface area (TPSA) is 92.2 Å². The molecule has 0 radical (unpaired) electrons. The zero-order chi connectivity index (χ0) is 15.9. The van der Waals surface area contributed by atoms with Crippen molar-refractivity contribution in [3.05, 3.63) is 44.0 Å². The summed E-state index contributed by atoms with van der Waals surface area (Å²) in [5, 5.41) is 7.45. The first-order chi connectivity index (χ1) is 10.5. The number of aromatic nitrogens is 4. The van der Waals surface area contributed by atoms with Crippen LogP contribution in [0.5, 0.6) is 0 Å². The van der Waals surface area contributed by atoms with Gasteiger partial charge in [-0.1, -0.05) is 11.6 Å². The average Bonchev–Trinajstić information content (AvgIpc) is 3.12. The van der Waals surface area contributed by atoms with Crippen molar-refractivity contribution in [1.29, 1.82) is 0 Å². The number of hydrogen-bond acceptors (Lipinski definition) is 5. The van der Waals surface area contributed by atoms with Crippen LogP contribution in [0.15, 0.2) is 16.4 Å². The summed E-state index contributed by atoms with van der Waals surface area (Å²) >= 11 is 7.68. The van der Waals surface area contributed by atoms with Crippen molar-refractivity contribution < 1.29 is 9.53 Å². The van der Waals surface area contributed by atoms with Crippen LogP contribution in [0.25, 0.3) is 4.96 Å². The van der Waals surface area contributed by atoms with Crippen molar-refractivity contribution in [1.82, 2.24) is 19.6 Å². The number of halogens is 1. The summed E-state index contributed by atoms with van der Waals surface area (Å²) in [7, 11) is 1.31. The number of methoxy groups -OCH3 is 1. The summed E-state index contributed by atoms with van der Waals surface area (Å²) in [4.78, 5) is 28.9. The molecule has 0 aliphatic heterocycles. The van der Waals surface area contributed by atoms with E-state index in [1.807, 2.05) is 11.6 Å². The van der Waals surface area contributed by atoms with Crippen molar-refractivity contribution in [3.63, 3.8) is 0 Å². The van der Waals surface area contributed by atoms with Crippen LogP contribution in [0.1, 0.15) is 29.3 Å². The summed E-state index contributed by atoms with van der Waals surface area (Å²) in [5.74, 6) is -0.967. The monoisotopic (exact) mass is 340 g/mol. The van der Waals surface area contributed by atoms with Gasteiger partial charge in [-0.2, -0.15) is 0 Å². The number of rotatable bonds is 4. The highest BCUT2D eigenvalue weighted by Gasteiger charge is 2.30. The highest BCUT2D eigenvalue weighted by atomic mass is 35.5. The van der Waals surface area contributed by atoms with Crippen LogP contribution in [0.3, 0.4) is 0 Å². The van der Waals surface area contributed by atoms with E-state index in [2.05, 4.69) is 15.2 Å². The number of nitrogens with one attached hydrogen (secondary N) is 2. The minimum Gasteiger partial charge on any atom is -0.469 e. The molecule has 3 heterocycles. The number of carbonyl (C=O) groups is 1. The summed E-state index contributed by atoms with van der Waals surface area (Å²) < 4.78 is 6.56. The van der Waals surface area contributed by atoms with E-state index in [1.165, 1.54) is 18.4 Å². The van der Waals surface area contributed by atoms with E-state index in [4.69, 9.17) is 16.3 Å². The van der Waals surface area contributed by atoms with Crippen molar-refractivity contribution in [3.8, 4) is 0 Å². The molecule has 3 rings (SSSR count). The van der Waals surface area contributed by atoms with Crippen molar-refractivity contribution in [2.45, 2.75) is 19.3 Å². The van der Waals surface area contributed by atoms with Crippen molar-refractivity contribution >= 4 is 33.9 Å². The molecule has 0 spiro atoms. The first-order valence-electron chi connectivity index (χ1n) is 6.47. The number of carbonyl (C=O) groups excluding carboxylic acids is 1. The Labute approximate surface area is 133 Å². The lowest BCUT2D eigenvalue weighted by atomic mass is 9.93. The van der Waals surface area contributed by atoms with Crippen LogP contribution in [-0.2, 0) is 9.53 Å². The molecule has 22 heavy (non-hydrogen) atoms. The highest BCUT2D eigenvalue weighted by molar-refractivity contribution is 7.15. The van der Waals surface area contributed by atoms with E-state index < -0.39 is 11.9 Å². The van der Waals surface area contributed by atoms with Crippen LogP contribution in [0.4, 0.5) is 0 Å². The van der Waals surface area contributed by atoms with Gasteiger partial charge in [0.2, 0.25) is 0 Å². The third kappa shape index (κ3) is 2.34. The Morgan fingerprint density at radius 3 is 2.95 bits per heavy atom. The van der Waals surface area contributed by atoms with E-state index in [1.54, 1.807) is 11.3 Å². The lowest BCUT2D eigenvalue weighted by Crippen LogP contribution is -2.18. The molecule has 0 saturated carbocycles. The minimum absolute atomic E-state index is 0.00162. The second-order valence-electron chi connectivity index (χ2n) is 4.79. The second kappa shape index (κ2) is 5.62. The van der Waals surface area contributed by atoms with Crippen LogP contribution in [0.2, 0.25) is 5.15 Å². The third-order valence-corrected chi connectivity index (χ3v) is 4.58. The smallest absolute Gasteiger partial charge is 0.306 e. The number of aryl methyl sites for hydroxylation is 1. The van der Waals surface area contributed by atoms with Gasteiger partial charge in [0, 0.05) is 28.8 Å². The maximum absolute atomic E-state index is 12.1. The Morgan fingerprint density at radius 2 is 2.32 bits per heavy atom. The molecular formula is C13H13ClN4O3S. The summed E-state index contributed by atoms with van der Waals surface area (Å²) in [6.07, 6.45) is 1.82. The van der Waals surface area contributed by atoms with E-state index in [0.717, 1.165) is 0 Å². The number of imidazole rings is 1. The molecule has 2 N–H and O–H groups in total. The second-order valence-corrected chi connectivity index (χ2v) is 6.03. The van der Waals surface area contributed by atoms with Crippen LogP contribution in [-0.4, -0.2) is 32.7 Å². The fraction of sp³-hybridized carbons (Fsp3) is 0.308. The molecule has 0 bridgehead atoms. The predicted molar refractivity (Wildman–Crippen MR) is 82.7 cm³/mol. The lowest BCUT2D eigenvalue weighted by molar-refractivity contribution is -0.140. The number of hydrogen-bond donors (Lipinski definition) is 2. The van der Waals surface area contributed by atoms with E-state index >= 15 is 0 Å². The van der Waals surface area contributed by atoms with Gasteiger partial charge in [-0.15, -0.1) is 11.3 Å². The number of thiazole rings is 1. The Bertz CT molecular complexity index is 891. The Hall–Kier alpha value is -2.06. The fourth-order valence-electron chi connectivity index (χ4n) is 2.55. The minimum atomic E-state index is -0.542. The van der Waals surface area contributed by atoms with Gasteiger partial charge in [-0.05, 0) is 6.92 Å². The van der Waals surface area contributed by atoms with Gasteiger partial charge in [0.15, 0.2) is 10.1 Å². The Kier molecular flexibility index (Phi) is 3.79. The molecule has 0 aromatic carbocycles. The van der Waals surface area contributed by atoms with Gasteiger partial charge in [0.1, 0.15) is 0 Å². The normalized spacial score (nSPS) is 12.7. The van der Waals surface area contributed by atoms with Crippen molar-refractivity contribution in [2.75, 3.05) is 7.11 Å². The number of H-pyrrole nitrogens is 2. The van der Waals surface area contributed by atoms with Gasteiger partial charge in [0.25, 0.3) is 5.56 Å². The lowest BCUT2D eigenvalue weighted by Gasteiger charge is -2.14. The first kappa shape index (κ1) is 14.9. The van der Waals surface area contributed by atoms with Gasteiger partial charge in [-0.25, -0.2) is 4.98 Å². The van der Waals surface area contributed by atoms with E-state index in [-0.39, 0.29) is 17.1 Å². The number of ether oxygens (including phenoxy) is 1. The van der Waals surface area contributed by atoms with E-state index in [9.17, 15) is 9.59 Å². The summed E-state index contributed by atoms with van der Waals surface area (Å²) in [6.45, 7) is 1.76. The van der Waals surface area contributed by atoms with Crippen LogP contribution >= 0.6 is 22.9 Å². The molecule has 9 heteroatoms. The Balaban J connectivity index is 2.21. The number of aromatic amines is 2. The first-order valence-corrected chi connectivity index (χ1v) is 7.73. The molecule has 3 aromatic rings. The molecule has 0 aliphatic rings. The Morgan fingerprint density at radius 1 is 1.55 bits per heavy atom. The quantitative estimate of drug-likeness (QED) is 0.711. The fourth-order valence-corrected chi connectivity index (χ4v) is 3.62. The number of fused-ring (bicyclic) bond motifs is 1. The molecule has 7 nitrogen and oxygen atoms in total. The van der Waals surface area contributed by atoms with Gasteiger partial charge in [-0.3, -0.25) is 19.1 Å². The molecule has 0 unspecified atom stereocenters.